The van der Waals surface area contributed by atoms with E-state index in [4.69, 9.17) is 23.2 Å². The van der Waals surface area contributed by atoms with Gasteiger partial charge >= 0.3 is 0 Å². The highest BCUT2D eigenvalue weighted by molar-refractivity contribution is 6.68. The third-order valence-corrected chi connectivity index (χ3v) is 4.98. The number of unbranched alkanes of at least 4 members (excludes halogenated alkanes) is 6. The van der Waals surface area contributed by atoms with E-state index in [-0.39, 0.29) is 14.0 Å². The van der Waals surface area contributed by atoms with Crippen LogP contribution in [-0.2, 0) is 0 Å². The summed E-state index contributed by atoms with van der Waals surface area (Å²) >= 11 is 11.4. The first-order valence-corrected chi connectivity index (χ1v) is 8.35. The summed E-state index contributed by atoms with van der Waals surface area (Å²) in [4.78, 5) is 0. The van der Waals surface area contributed by atoms with E-state index in [1.54, 1.807) is 0 Å². The zero-order valence-corrected chi connectivity index (χ0v) is 11.9. The summed E-state index contributed by atoms with van der Waals surface area (Å²) in [7, 11) is -0.184. The minimum atomic E-state index is -0.184. The number of rotatable bonds is 10. The van der Waals surface area contributed by atoms with E-state index in [0.29, 0.717) is 0 Å². The van der Waals surface area contributed by atoms with Crippen LogP contribution in [0.3, 0.4) is 0 Å². The van der Waals surface area contributed by atoms with Crippen molar-refractivity contribution in [3.63, 3.8) is 0 Å². The average molecular weight is 253 g/mol. The summed E-state index contributed by atoms with van der Waals surface area (Å²) in [5, 5.41) is 0. The standard InChI is InChI=1S/C11H22Cl2Si/c1-2-3-4-5-6-7-8-9-10-14-11(12)13/h2,11H,1,3-10,14H2. The van der Waals surface area contributed by atoms with Gasteiger partial charge in [-0.05, 0) is 12.8 Å². The molecular weight excluding hydrogens is 231 g/mol. The van der Waals surface area contributed by atoms with Crippen LogP contribution in [0.1, 0.15) is 44.9 Å². The van der Waals surface area contributed by atoms with Crippen LogP contribution in [0.5, 0.6) is 0 Å². The van der Waals surface area contributed by atoms with Gasteiger partial charge in [-0.3, -0.25) is 0 Å². The molecule has 0 aliphatic carbocycles. The minimum absolute atomic E-state index is 0.0254. The van der Waals surface area contributed by atoms with Crippen LogP contribution in [0.4, 0.5) is 0 Å². The molecule has 0 atom stereocenters. The predicted molar refractivity (Wildman–Crippen MR) is 71.4 cm³/mol. The van der Waals surface area contributed by atoms with E-state index in [0.717, 1.165) is 0 Å². The van der Waals surface area contributed by atoms with Gasteiger partial charge in [0, 0.05) is 0 Å². The van der Waals surface area contributed by atoms with E-state index < -0.39 is 0 Å². The maximum absolute atomic E-state index is 5.69. The molecule has 14 heavy (non-hydrogen) atoms. The van der Waals surface area contributed by atoms with Crippen molar-refractivity contribution in [2.75, 3.05) is 0 Å². The van der Waals surface area contributed by atoms with Gasteiger partial charge < -0.3 is 0 Å². The molecule has 0 bridgehead atoms. The number of allylic oxidation sites excluding steroid dienone is 1. The highest BCUT2D eigenvalue weighted by Gasteiger charge is 1.98. The Morgan fingerprint density at radius 2 is 1.57 bits per heavy atom. The molecule has 0 fully saturated rings. The zero-order valence-electron chi connectivity index (χ0n) is 8.98. The van der Waals surface area contributed by atoms with Crippen LogP contribution in [0.15, 0.2) is 12.7 Å². The van der Waals surface area contributed by atoms with E-state index in [9.17, 15) is 0 Å². The number of hydrogen-bond donors (Lipinski definition) is 0. The van der Waals surface area contributed by atoms with E-state index in [1.807, 2.05) is 6.08 Å². The van der Waals surface area contributed by atoms with E-state index in [2.05, 4.69) is 6.58 Å². The van der Waals surface area contributed by atoms with Crippen LogP contribution in [-0.4, -0.2) is 14.0 Å². The molecule has 0 aliphatic rings. The molecule has 0 aromatic carbocycles. The van der Waals surface area contributed by atoms with E-state index >= 15 is 0 Å². The van der Waals surface area contributed by atoms with Gasteiger partial charge in [-0.25, -0.2) is 0 Å². The van der Waals surface area contributed by atoms with Crippen LogP contribution < -0.4 is 0 Å². The number of halogens is 2. The van der Waals surface area contributed by atoms with Gasteiger partial charge in [0.1, 0.15) is 0 Å². The van der Waals surface area contributed by atoms with Crippen LogP contribution in [0.2, 0.25) is 6.04 Å². The summed E-state index contributed by atoms with van der Waals surface area (Å²) in [5.41, 5.74) is 0. The fraction of sp³-hybridized carbons (Fsp3) is 0.818. The van der Waals surface area contributed by atoms with Crippen LogP contribution in [0, 0.1) is 0 Å². The lowest BCUT2D eigenvalue weighted by molar-refractivity contribution is 0.611. The molecule has 0 aromatic heterocycles. The Balaban J connectivity index is 2.88. The van der Waals surface area contributed by atoms with Gasteiger partial charge in [-0.2, -0.15) is 0 Å². The predicted octanol–water partition coefficient (Wildman–Crippen LogP) is 4.25. The Bertz CT molecular complexity index is 126. The largest absolute Gasteiger partial charge is 0.110 e. The topological polar surface area (TPSA) is 0 Å². The second-order valence-electron chi connectivity index (χ2n) is 3.73. The lowest BCUT2D eigenvalue weighted by atomic mass is 10.1. The Morgan fingerprint density at radius 3 is 2.14 bits per heavy atom. The Hall–Kier alpha value is 0.537. The zero-order chi connectivity index (χ0) is 10.6. The molecule has 0 aliphatic heterocycles. The summed E-state index contributed by atoms with van der Waals surface area (Å²) in [5.74, 6) is 0. The first-order valence-electron chi connectivity index (χ1n) is 5.66. The Kier molecular flexibility index (Phi) is 12.1. The molecule has 0 saturated heterocycles. The van der Waals surface area contributed by atoms with Gasteiger partial charge in [-0.15, -0.1) is 29.8 Å². The van der Waals surface area contributed by atoms with Gasteiger partial charge in [0.05, 0.1) is 14.0 Å². The average Bonchev–Trinajstić information content (AvgIpc) is 2.15. The smallest absolute Gasteiger partial charge is 0.0908 e. The second kappa shape index (κ2) is 11.6. The van der Waals surface area contributed by atoms with Crippen molar-refractivity contribution in [1.29, 1.82) is 0 Å². The Morgan fingerprint density at radius 1 is 1.00 bits per heavy atom. The lowest BCUT2D eigenvalue weighted by Gasteiger charge is -2.01. The summed E-state index contributed by atoms with van der Waals surface area (Å²) in [6, 6.07) is 1.31. The summed E-state index contributed by atoms with van der Waals surface area (Å²) < 4.78 is -0.0254. The number of hydrogen-bond acceptors (Lipinski definition) is 0. The molecule has 0 saturated carbocycles. The van der Waals surface area contributed by atoms with Crippen molar-refractivity contribution in [2.45, 2.75) is 55.4 Å². The highest BCUT2D eigenvalue weighted by atomic mass is 35.5. The second-order valence-corrected chi connectivity index (χ2v) is 8.15. The van der Waals surface area contributed by atoms with Crippen molar-refractivity contribution < 1.29 is 0 Å². The third kappa shape index (κ3) is 12.5. The van der Waals surface area contributed by atoms with E-state index in [1.165, 1.54) is 51.0 Å². The van der Waals surface area contributed by atoms with Crippen LogP contribution in [0.25, 0.3) is 0 Å². The fourth-order valence-electron chi connectivity index (χ4n) is 1.47. The molecular formula is C11H22Cl2Si. The molecule has 0 nitrogen and oxygen atoms in total. The maximum atomic E-state index is 5.69. The van der Waals surface area contributed by atoms with Gasteiger partial charge in [-0.1, -0.05) is 44.2 Å². The Labute approximate surface area is 101 Å². The first kappa shape index (κ1) is 14.5. The molecule has 3 heteroatoms. The van der Waals surface area contributed by atoms with Crippen molar-refractivity contribution in [1.82, 2.24) is 0 Å². The van der Waals surface area contributed by atoms with Gasteiger partial charge in [0.25, 0.3) is 0 Å². The molecule has 0 amide bonds. The number of alkyl halides is 2. The first-order chi connectivity index (χ1) is 6.77. The normalized spacial score (nSPS) is 11.6. The van der Waals surface area contributed by atoms with Crippen LogP contribution >= 0.6 is 23.2 Å². The van der Waals surface area contributed by atoms with Gasteiger partial charge in [0.2, 0.25) is 0 Å². The molecule has 0 spiro atoms. The minimum Gasteiger partial charge on any atom is -0.110 e. The van der Waals surface area contributed by atoms with Crippen molar-refractivity contribution in [3.8, 4) is 0 Å². The van der Waals surface area contributed by atoms with Gasteiger partial charge in [0.15, 0.2) is 0 Å². The molecule has 0 radical (unpaired) electrons. The highest BCUT2D eigenvalue weighted by Crippen LogP contribution is 2.10. The van der Waals surface area contributed by atoms with Crippen molar-refractivity contribution >= 4 is 32.7 Å². The molecule has 0 N–H and O–H groups in total. The lowest BCUT2D eigenvalue weighted by Crippen LogP contribution is -1.99. The third-order valence-electron chi connectivity index (χ3n) is 2.33. The van der Waals surface area contributed by atoms with Crippen molar-refractivity contribution in [2.24, 2.45) is 0 Å². The monoisotopic (exact) mass is 252 g/mol. The molecule has 84 valence electrons. The summed E-state index contributed by atoms with van der Waals surface area (Å²) in [6.07, 6.45) is 11.3. The molecule has 0 heterocycles. The quantitative estimate of drug-likeness (QED) is 0.236. The molecule has 0 rings (SSSR count). The maximum Gasteiger partial charge on any atom is 0.0908 e. The SMILES string of the molecule is C=CCCCCCCCC[SiH2]C(Cl)Cl. The summed E-state index contributed by atoms with van der Waals surface area (Å²) in [6.45, 7) is 3.72. The molecule has 0 unspecified atom stereocenters. The fourth-order valence-corrected chi connectivity index (χ4v) is 3.35. The van der Waals surface area contributed by atoms with Crippen molar-refractivity contribution in [3.05, 3.63) is 12.7 Å². The molecule has 0 aromatic rings.